The maximum absolute atomic E-state index is 5.61. The zero-order chi connectivity index (χ0) is 13.5. The first-order valence-electron chi connectivity index (χ1n) is 6.74. The van der Waals surface area contributed by atoms with Crippen molar-refractivity contribution in [3.8, 4) is 5.75 Å². The third-order valence-electron chi connectivity index (χ3n) is 4.76. The molecule has 1 saturated carbocycles. The first kappa shape index (κ1) is 13.4. The molecule has 104 valence electrons. The highest BCUT2D eigenvalue weighted by atomic mass is 79.9. The van der Waals surface area contributed by atoms with Gasteiger partial charge in [-0.25, -0.2) is 0 Å². The van der Waals surface area contributed by atoms with Gasteiger partial charge in [0.15, 0.2) is 0 Å². The fourth-order valence-corrected chi connectivity index (χ4v) is 3.78. The van der Waals surface area contributed by atoms with Crippen LogP contribution in [0.25, 0.3) is 0 Å². The molecular formula is C15H20BrNO2. The lowest BCUT2D eigenvalue weighted by atomic mass is 9.65. The van der Waals surface area contributed by atoms with Crippen molar-refractivity contribution in [3.05, 3.63) is 28.2 Å². The van der Waals surface area contributed by atoms with Crippen molar-refractivity contribution in [1.82, 2.24) is 5.32 Å². The SMILES string of the molecule is CNCC1(C2(c3cc(Br)ccc3OC)COC2)CC1. The summed E-state index contributed by atoms with van der Waals surface area (Å²) in [5, 5.41) is 3.36. The molecule has 19 heavy (non-hydrogen) atoms. The average molecular weight is 326 g/mol. The summed E-state index contributed by atoms with van der Waals surface area (Å²) in [6, 6.07) is 6.29. The van der Waals surface area contributed by atoms with Crippen LogP contribution in [0.2, 0.25) is 0 Å². The Bertz CT molecular complexity index is 481. The molecule has 1 aromatic carbocycles. The van der Waals surface area contributed by atoms with Crippen LogP contribution in [0.5, 0.6) is 5.75 Å². The number of hydrogen-bond acceptors (Lipinski definition) is 3. The van der Waals surface area contributed by atoms with Gasteiger partial charge in [0, 0.05) is 16.6 Å². The van der Waals surface area contributed by atoms with Gasteiger partial charge in [0.2, 0.25) is 0 Å². The lowest BCUT2D eigenvalue weighted by Crippen LogP contribution is -2.56. The number of nitrogens with one attached hydrogen (secondary N) is 1. The summed E-state index contributed by atoms with van der Waals surface area (Å²) in [6.45, 7) is 2.66. The van der Waals surface area contributed by atoms with Crippen LogP contribution in [-0.4, -0.2) is 33.9 Å². The van der Waals surface area contributed by atoms with Crippen LogP contribution in [0, 0.1) is 5.41 Å². The Kier molecular flexibility index (Phi) is 3.36. The van der Waals surface area contributed by atoms with Crippen molar-refractivity contribution >= 4 is 15.9 Å². The van der Waals surface area contributed by atoms with Crippen LogP contribution in [0.4, 0.5) is 0 Å². The van der Waals surface area contributed by atoms with E-state index in [0.717, 1.165) is 30.0 Å². The third kappa shape index (κ3) is 1.92. The number of benzene rings is 1. The molecule has 0 spiro atoms. The second-order valence-electron chi connectivity index (χ2n) is 5.73. The van der Waals surface area contributed by atoms with Gasteiger partial charge in [0.05, 0.1) is 25.7 Å². The summed E-state index contributed by atoms with van der Waals surface area (Å²) >= 11 is 3.59. The van der Waals surface area contributed by atoms with Crippen molar-refractivity contribution in [3.63, 3.8) is 0 Å². The first-order chi connectivity index (χ1) is 9.17. The summed E-state index contributed by atoms with van der Waals surface area (Å²) in [6.07, 6.45) is 2.54. The Labute approximate surface area is 122 Å². The van der Waals surface area contributed by atoms with Crippen LogP contribution in [0.1, 0.15) is 18.4 Å². The van der Waals surface area contributed by atoms with Crippen LogP contribution < -0.4 is 10.1 Å². The van der Waals surface area contributed by atoms with Gasteiger partial charge in [-0.1, -0.05) is 15.9 Å². The topological polar surface area (TPSA) is 30.5 Å². The van der Waals surface area contributed by atoms with Gasteiger partial charge < -0.3 is 14.8 Å². The first-order valence-corrected chi connectivity index (χ1v) is 7.53. The standard InChI is InChI=1S/C15H20BrNO2/c1-17-8-14(5-6-14)15(9-19-10-15)12-7-11(16)3-4-13(12)18-2/h3-4,7,17H,5-6,8-10H2,1-2H3. The van der Waals surface area contributed by atoms with E-state index in [1.165, 1.54) is 18.4 Å². The van der Waals surface area contributed by atoms with Gasteiger partial charge in [-0.15, -0.1) is 0 Å². The van der Waals surface area contributed by atoms with Gasteiger partial charge in [0.25, 0.3) is 0 Å². The van der Waals surface area contributed by atoms with Crippen molar-refractivity contribution in [1.29, 1.82) is 0 Å². The highest BCUT2D eigenvalue weighted by molar-refractivity contribution is 9.10. The van der Waals surface area contributed by atoms with Gasteiger partial charge in [-0.2, -0.15) is 0 Å². The smallest absolute Gasteiger partial charge is 0.122 e. The Morgan fingerprint density at radius 3 is 2.58 bits per heavy atom. The average Bonchev–Trinajstić information content (AvgIpc) is 3.09. The normalized spacial score (nSPS) is 22.7. The summed E-state index contributed by atoms with van der Waals surface area (Å²) in [7, 11) is 3.78. The van der Waals surface area contributed by atoms with Crippen molar-refractivity contribution in [2.45, 2.75) is 18.3 Å². The fourth-order valence-electron chi connectivity index (χ4n) is 3.42. The molecule has 3 nitrogen and oxygen atoms in total. The minimum absolute atomic E-state index is 0.116. The molecule has 0 amide bonds. The molecule has 0 aromatic heterocycles. The summed E-state index contributed by atoms with van der Waals surface area (Å²) in [4.78, 5) is 0. The number of hydrogen-bond donors (Lipinski definition) is 1. The van der Waals surface area contributed by atoms with E-state index in [1.54, 1.807) is 7.11 Å². The molecule has 2 fully saturated rings. The predicted octanol–water partition coefficient (Wildman–Crippen LogP) is 2.73. The molecule has 1 N–H and O–H groups in total. The van der Waals surface area contributed by atoms with Crippen LogP contribution >= 0.6 is 15.9 Å². The summed E-state index contributed by atoms with van der Waals surface area (Å²) < 4.78 is 12.3. The molecule has 0 radical (unpaired) electrons. The largest absolute Gasteiger partial charge is 0.496 e. The minimum Gasteiger partial charge on any atom is -0.496 e. The van der Waals surface area contributed by atoms with E-state index in [0.29, 0.717) is 5.41 Å². The van der Waals surface area contributed by atoms with E-state index < -0.39 is 0 Å². The third-order valence-corrected chi connectivity index (χ3v) is 5.25. The molecule has 1 heterocycles. The zero-order valence-corrected chi connectivity index (χ0v) is 13.0. The lowest BCUT2D eigenvalue weighted by Gasteiger charge is -2.49. The molecule has 0 bridgehead atoms. The monoisotopic (exact) mass is 325 g/mol. The number of methoxy groups -OCH3 is 1. The van der Waals surface area contributed by atoms with E-state index >= 15 is 0 Å². The van der Waals surface area contributed by atoms with Crippen molar-refractivity contribution in [2.75, 3.05) is 33.9 Å². The molecule has 1 aliphatic carbocycles. The van der Waals surface area contributed by atoms with Crippen LogP contribution in [-0.2, 0) is 10.2 Å². The second-order valence-corrected chi connectivity index (χ2v) is 6.65. The number of halogens is 1. The van der Waals surface area contributed by atoms with Crippen molar-refractivity contribution < 1.29 is 9.47 Å². The van der Waals surface area contributed by atoms with Gasteiger partial charge in [-0.05, 0) is 43.5 Å². The van der Waals surface area contributed by atoms with Crippen LogP contribution in [0.15, 0.2) is 22.7 Å². The molecule has 1 aromatic rings. The van der Waals surface area contributed by atoms with E-state index in [1.807, 2.05) is 13.1 Å². The molecule has 1 aliphatic heterocycles. The molecule has 1 saturated heterocycles. The Hall–Kier alpha value is -0.580. The molecule has 2 aliphatic rings. The van der Waals surface area contributed by atoms with Gasteiger partial charge in [-0.3, -0.25) is 0 Å². The zero-order valence-electron chi connectivity index (χ0n) is 11.5. The van der Waals surface area contributed by atoms with Gasteiger partial charge in [0.1, 0.15) is 5.75 Å². The Morgan fingerprint density at radius 2 is 2.11 bits per heavy atom. The van der Waals surface area contributed by atoms with E-state index in [4.69, 9.17) is 9.47 Å². The molecular weight excluding hydrogens is 306 g/mol. The maximum Gasteiger partial charge on any atom is 0.122 e. The number of ether oxygens (including phenoxy) is 2. The predicted molar refractivity (Wildman–Crippen MR) is 78.8 cm³/mol. The molecule has 0 unspecified atom stereocenters. The molecule has 4 heteroatoms. The van der Waals surface area contributed by atoms with E-state index in [2.05, 4.69) is 33.4 Å². The molecule has 0 atom stereocenters. The fraction of sp³-hybridized carbons (Fsp3) is 0.600. The second kappa shape index (κ2) is 4.76. The van der Waals surface area contributed by atoms with Crippen molar-refractivity contribution in [2.24, 2.45) is 5.41 Å². The van der Waals surface area contributed by atoms with Gasteiger partial charge >= 0.3 is 0 Å². The highest BCUT2D eigenvalue weighted by Gasteiger charge is 2.63. The highest BCUT2D eigenvalue weighted by Crippen LogP contribution is 2.63. The van der Waals surface area contributed by atoms with E-state index in [-0.39, 0.29) is 5.41 Å². The summed E-state index contributed by atoms with van der Waals surface area (Å²) in [5.41, 5.74) is 1.75. The molecule has 3 rings (SSSR count). The number of rotatable bonds is 5. The van der Waals surface area contributed by atoms with E-state index in [9.17, 15) is 0 Å². The maximum atomic E-state index is 5.61. The quantitative estimate of drug-likeness (QED) is 0.903. The van der Waals surface area contributed by atoms with Crippen LogP contribution in [0.3, 0.4) is 0 Å². The Morgan fingerprint density at radius 1 is 1.37 bits per heavy atom. The lowest BCUT2D eigenvalue weighted by molar-refractivity contribution is -0.0994. The Balaban J connectivity index is 2.05. The summed E-state index contributed by atoms with van der Waals surface area (Å²) in [5.74, 6) is 0.980. The minimum atomic E-state index is 0.116.